The molecular formula is C6H12Cl2O2Zr. The summed E-state index contributed by atoms with van der Waals surface area (Å²) >= 11 is 0. The molecule has 0 aliphatic heterocycles. The number of hydrogen-bond donors (Lipinski definition) is 0. The zero-order chi connectivity index (χ0) is 7.15. The zero-order valence-corrected chi connectivity index (χ0v) is 11.0. The maximum Gasteiger partial charge on any atom is 2.00 e. The van der Waals surface area contributed by atoms with Gasteiger partial charge in [0, 0.05) is 0 Å². The zero-order valence-electron chi connectivity index (χ0n) is 7.07. The quantitative estimate of drug-likeness (QED) is 0.446. The van der Waals surface area contributed by atoms with Crippen molar-refractivity contribution in [3.05, 3.63) is 0 Å². The summed E-state index contributed by atoms with van der Waals surface area (Å²) in [4.78, 5) is 18.9. The third kappa shape index (κ3) is 1300. The average Bonchev–Trinajstić information content (AvgIpc) is 1.25. The molecule has 66 valence electrons. The van der Waals surface area contributed by atoms with Crippen LogP contribution in [0, 0.1) is 0 Å². The number of hydrogen-bond acceptors (Lipinski definition) is 2. The van der Waals surface area contributed by atoms with E-state index in [2.05, 4.69) is 0 Å². The molecule has 0 saturated heterocycles. The summed E-state index contributed by atoms with van der Waals surface area (Å²) in [5.74, 6) is 0.333. The molecule has 0 spiro atoms. The van der Waals surface area contributed by atoms with Gasteiger partial charge in [-0.1, -0.05) is 0 Å². The van der Waals surface area contributed by atoms with Gasteiger partial charge >= 0.3 is 26.2 Å². The summed E-state index contributed by atoms with van der Waals surface area (Å²) in [5, 5.41) is 0. The molecule has 0 aromatic rings. The molecule has 0 saturated carbocycles. The Morgan fingerprint density at radius 1 is 0.727 bits per heavy atom. The van der Waals surface area contributed by atoms with E-state index in [1.807, 2.05) is 0 Å². The molecule has 0 radical (unpaired) electrons. The second-order valence-electron chi connectivity index (χ2n) is 1.82. The van der Waals surface area contributed by atoms with Crippen LogP contribution in [0.5, 0.6) is 0 Å². The Kier molecular flexibility index (Phi) is 60.7. The van der Waals surface area contributed by atoms with Crippen LogP contribution in [-0.4, -0.2) is 11.6 Å². The minimum Gasteiger partial charge on any atom is -1.00 e. The summed E-state index contributed by atoms with van der Waals surface area (Å²) in [5.41, 5.74) is 0. The number of carbonyl (C=O) groups excluding carboxylic acids is 2. The Balaban J connectivity index is -0.0000000171. The molecular weight excluding hydrogens is 266 g/mol. The van der Waals surface area contributed by atoms with Crippen LogP contribution in [0.3, 0.4) is 0 Å². The molecule has 0 aromatic carbocycles. The van der Waals surface area contributed by atoms with Gasteiger partial charge in [-0.25, -0.2) is 0 Å². The Hall–Kier alpha value is 0.803. The molecule has 0 bridgehead atoms. The van der Waals surface area contributed by atoms with E-state index in [4.69, 9.17) is 0 Å². The minimum absolute atomic E-state index is 0. The van der Waals surface area contributed by atoms with Gasteiger partial charge in [-0.05, 0) is 27.7 Å². The van der Waals surface area contributed by atoms with Crippen LogP contribution < -0.4 is 24.8 Å². The van der Waals surface area contributed by atoms with E-state index in [9.17, 15) is 9.59 Å². The molecule has 0 fully saturated rings. The van der Waals surface area contributed by atoms with Crippen molar-refractivity contribution in [3.8, 4) is 0 Å². The number of halogens is 2. The predicted octanol–water partition coefficient (Wildman–Crippen LogP) is -4.80. The molecule has 0 N–H and O–H groups in total. The Bertz CT molecular complexity index is 76.6. The third-order valence-corrected chi connectivity index (χ3v) is 0. The fourth-order valence-corrected chi connectivity index (χ4v) is 0. The van der Waals surface area contributed by atoms with Gasteiger partial charge in [0.15, 0.2) is 0 Å². The summed E-state index contributed by atoms with van der Waals surface area (Å²) < 4.78 is 0. The molecule has 0 heterocycles. The van der Waals surface area contributed by atoms with Crippen molar-refractivity contribution in [1.29, 1.82) is 0 Å². The van der Waals surface area contributed by atoms with Gasteiger partial charge in [-0.15, -0.1) is 0 Å². The Morgan fingerprint density at radius 3 is 0.727 bits per heavy atom. The number of carbonyl (C=O) groups is 2. The molecule has 0 rings (SSSR count). The van der Waals surface area contributed by atoms with Crippen molar-refractivity contribution in [2.75, 3.05) is 0 Å². The van der Waals surface area contributed by atoms with Crippen LogP contribution in [0.25, 0.3) is 0 Å². The molecule has 11 heavy (non-hydrogen) atoms. The average molecular weight is 278 g/mol. The largest absolute Gasteiger partial charge is 2.00 e. The fraction of sp³-hybridized carbons (Fsp3) is 0.667. The summed E-state index contributed by atoms with van der Waals surface area (Å²) in [6.45, 7) is 6.11. The first-order chi connectivity index (χ1) is 3.46. The molecule has 0 amide bonds. The molecule has 5 heteroatoms. The van der Waals surface area contributed by atoms with E-state index in [1.165, 1.54) is 27.7 Å². The fourth-order valence-electron chi connectivity index (χ4n) is 0. The van der Waals surface area contributed by atoms with E-state index in [0.717, 1.165) is 0 Å². The Morgan fingerprint density at radius 2 is 0.727 bits per heavy atom. The van der Waals surface area contributed by atoms with E-state index in [-0.39, 0.29) is 62.6 Å². The molecule has 0 unspecified atom stereocenters. The van der Waals surface area contributed by atoms with E-state index in [0.29, 0.717) is 0 Å². The van der Waals surface area contributed by atoms with Crippen LogP contribution >= 0.6 is 0 Å². The first-order valence-corrected chi connectivity index (χ1v) is 2.41. The second-order valence-corrected chi connectivity index (χ2v) is 1.82. The van der Waals surface area contributed by atoms with Crippen molar-refractivity contribution in [3.63, 3.8) is 0 Å². The predicted molar refractivity (Wildman–Crippen MR) is 32.7 cm³/mol. The molecule has 0 atom stereocenters. The van der Waals surface area contributed by atoms with Crippen molar-refractivity contribution in [2.45, 2.75) is 27.7 Å². The Labute approximate surface area is 99.4 Å². The van der Waals surface area contributed by atoms with Gasteiger partial charge in [-0.3, -0.25) is 0 Å². The maximum absolute atomic E-state index is 9.44. The first kappa shape index (κ1) is 29.8. The van der Waals surface area contributed by atoms with Crippen molar-refractivity contribution in [1.82, 2.24) is 0 Å². The monoisotopic (exact) mass is 276 g/mol. The van der Waals surface area contributed by atoms with Gasteiger partial charge in [0.1, 0.15) is 11.6 Å². The second kappa shape index (κ2) is 22.4. The minimum atomic E-state index is 0. The summed E-state index contributed by atoms with van der Waals surface area (Å²) in [6.07, 6.45) is 0. The molecule has 0 aliphatic rings. The van der Waals surface area contributed by atoms with Gasteiger partial charge < -0.3 is 34.4 Å². The third-order valence-electron chi connectivity index (χ3n) is 0. The molecule has 0 aromatic heterocycles. The number of rotatable bonds is 0. The summed E-state index contributed by atoms with van der Waals surface area (Å²) in [6, 6.07) is 0. The maximum atomic E-state index is 9.44. The van der Waals surface area contributed by atoms with Crippen molar-refractivity contribution in [2.24, 2.45) is 0 Å². The van der Waals surface area contributed by atoms with Gasteiger partial charge in [0.25, 0.3) is 0 Å². The van der Waals surface area contributed by atoms with E-state index < -0.39 is 0 Å². The number of ketones is 2. The van der Waals surface area contributed by atoms with Crippen LogP contribution in [0.15, 0.2) is 0 Å². The SMILES string of the molecule is CC(C)=O.CC(C)=O.[Cl-].[Cl-].[Zr+2]. The molecule has 2 nitrogen and oxygen atoms in total. The van der Waals surface area contributed by atoms with Crippen LogP contribution in [0.1, 0.15) is 27.7 Å². The topological polar surface area (TPSA) is 34.1 Å². The van der Waals surface area contributed by atoms with E-state index >= 15 is 0 Å². The van der Waals surface area contributed by atoms with Crippen molar-refractivity contribution < 1.29 is 60.6 Å². The van der Waals surface area contributed by atoms with Gasteiger partial charge in [-0.2, -0.15) is 0 Å². The van der Waals surface area contributed by atoms with Crippen LogP contribution in [-0.2, 0) is 35.8 Å². The smallest absolute Gasteiger partial charge is 1.00 e. The van der Waals surface area contributed by atoms with Gasteiger partial charge in [0.2, 0.25) is 0 Å². The molecule has 0 aliphatic carbocycles. The van der Waals surface area contributed by atoms with Gasteiger partial charge in [0.05, 0.1) is 0 Å². The summed E-state index contributed by atoms with van der Waals surface area (Å²) in [7, 11) is 0. The van der Waals surface area contributed by atoms with Crippen LogP contribution in [0.4, 0.5) is 0 Å². The van der Waals surface area contributed by atoms with Crippen molar-refractivity contribution >= 4 is 11.6 Å². The standard InChI is InChI=1S/2C3H6O.2ClH.Zr/c2*1-3(2)4;;;/h2*1-2H3;2*1H;/q;;;;+2/p-2. The van der Waals surface area contributed by atoms with Crippen LogP contribution in [0.2, 0.25) is 0 Å². The normalized spacial score (nSPS) is 4.73. The number of Topliss-reactive ketones (excluding diaryl/α,β-unsaturated/α-hetero) is 2. The van der Waals surface area contributed by atoms with E-state index in [1.54, 1.807) is 0 Å². The first-order valence-electron chi connectivity index (χ1n) is 2.41.